The van der Waals surface area contributed by atoms with Gasteiger partial charge >= 0.3 is 0 Å². The molecule has 1 aromatic carbocycles. The lowest BCUT2D eigenvalue weighted by Crippen LogP contribution is -2.42. The van der Waals surface area contributed by atoms with Crippen LogP contribution in [-0.4, -0.2) is 31.1 Å². The molecule has 0 fully saturated rings. The van der Waals surface area contributed by atoms with Crippen molar-refractivity contribution >= 4 is 15.9 Å². The van der Waals surface area contributed by atoms with Crippen LogP contribution in [0.25, 0.3) is 0 Å². The average molecular weight is 283 g/mol. The van der Waals surface area contributed by atoms with Gasteiger partial charge in [0.05, 0.1) is 11.4 Å². The maximum Gasteiger partial charge on any atom is 0.243 e. The van der Waals surface area contributed by atoms with Crippen LogP contribution in [0.1, 0.15) is 25.0 Å². The smallest absolute Gasteiger partial charge is 0.243 e. The number of amidine groups is 1. The van der Waals surface area contributed by atoms with E-state index in [0.29, 0.717) is 5.56 Å². The van der Waals surface area contributed by atoms with Gasteiger partial charge in [0.15, 0.2) is 0 Å². The molecule has 0 heterocycles. The van der Waals surface area contributed by atoms with E-state index >= 15 is 0 Å². The molecule has 6 heteroatoms. The third-order valence-electron chi connectivity index (χ3n) is 2.82. The van der Waals surface area contributed by atoms with Crippen LogP contribution in [0.4, 0.5) is 0 Å². The molecule has 0 aromatic heterocycles. The third-order valence-corrected chi connectivity index (χ3v) is 5.00. The van der Waals surface area contributed by atoms with E-state index < -0.39 is 10.0 Å². The second-order valence-corrected chi connectivity index (χ2v) is 6.80. The first-order chi connectivity index (χ1) is 8.66. The van der Waals surface area contributed by atoms with E-state index in [1.54, 1.807) is 32.9 Å². The third kappa shape index (κ3) is 3.54. The number of aryl methyl sites for hydroxylation is 2. The Balaban J connectivity index is 3.30. The second-order valence-electron chi connectivity index (χ2n) is 4.94. The fourth-order valence-corrected chi connectivity index (χ4v) is 3.75. The fourth-order valence-electron chi connectivity index (χ4n) is 1.93. The molecule has 0 atom stereocenters. The zero-order valence-corrected chi connectivity index (χ0v) is 12.6. The fraction of sp³-hybridized carbons (Fsp3) is 0.462. The molecular weight excluding hydrogens is 262 g/mol. The highest BCUT2D eigenvalue weighted by Gasteiger charge is 2.28. The van der Waals surface area contributed by atoms with Gasteiger partial charge in [0.1, 0.15) is 5.84 Å². The maximum atomic E-state index is 12.6. The standard InChI is InChI=1S/C13H21N3O2S/c1-9(2)16(8-13(14)15)19(17,18)12-6-5-10(3)7-11(12)4/h5-7,9H,8H2,1-4H3,(H3,14,15). The van der Waals surface area contributed by atoms with Gasteiger partial charge in [-0.3, -0.25) is 5.41 Å². The predicted molar refractivity (Wildman–Crippen MR) is 76.9 cm³/mol. The lowest BCUT2D eigenvalue weighted by atomic mass is 10.2. The SMILES string of the molecule is Cc1ccc(S(=O)(=O)N(CC(=N)N)C(C)C)c(C)c1. The van der Waals surface area contributed by atoms with E-state index in [1.165, 1.54) is 4.31 Å². The lowest BCUT2D eigenvalue weighted by molar-refractivity contribution is 0.389. The van der Waals surface area contributed by atoms with Crippen LogP contribution in [0.2, 0.25) is 0 Å². The Morgan fingerprint density at radius 1 is 1.37 bits per heavy atom. The van der Waals surface area contributed by atoms with Gasteiger partial charge in [0.2, 0.25) is 10.0 Å². The van der Waals surface area contributed by atoms with Gasteiger partial charge in [-0.1, -0.05) is 17.7 Å². The number of benzene rings is 1. The van der Waals surface area contributed by atoms with Crippen molar-refractivity contribution < 1.29 is 8.42 Å². The highest BCUT2D eigenvalue weighted by molar-refractivity contribution is 7.89. The summed E-state index contributed by atoms with van der Waals surface area (Å²) in [4.78, 5) is 0.271. The van der Waals surface area contributed by atoms with E-state index in [0.717, 1.165) is 5.56 Å². The Hall–Kier alpha value is -1.40. The van der Waals surface area contributed by atoms with E-state index in [1.807, 2.05) is 13.0 Å². The molecule has 5 nitrogen and oxygen atoms in total. The molecule has 1 aromatic rings. The molecule has 0 aliphatic heterocycles. The van der Waals surface area contributed by atoms with Crippen molar-refractivity contribution in [3.05, 3.63) is 29.3 Å². The van der Waals surface area contributed by atoms with Crippen LogP contribution in [0.3, 0.4) is 0 Å². The number of hydrogen-bond acceptors (Lipinski definition) is 3. The van der Waals surface area contributed by atoms with Crippen molar-refractivity contribution in [2.24, 2.45) is 5.73 Å². The zero-order chi connectivity index (χ0) is 14.8. The number of nitrogens with two attached hydrogens (primary N) is 1. The molecule has 19 heavy (non-hydrogen) atoms. The second kappa shape index (κ2) is 5.71. The Morgan fingerprint density at radius 2 is 1.95 bits per heavy atom. The van der Waals surface area contributed by atoms with Gasteiger partial charge in [-0.05, 0) is 39.3 Å². The first kappa shape index (κ1) is 15.7. The molecule has 3 N–H and O–H groups in total. The van der Waals surface area contributed by atoms with Crippen molar-refractivity contribution in [2.45, 2.75) is 38.6 Å². The van der Waals surface area contributed by atoms with E-state index in [2.05, 4.69) is 0 Å². The van der Waals surface area contributed by atoms with Gasteiger partial charge in [-0.2, -0.15) is 4.31 Å². The molecule has 0 saturated heterocycles. The topological polar surface area (TPSA) is 87.2 Å². The first-order valence-corrected chi connectivity index (χ1v) is 7.52. The quantitative estimate of drug-likeness (QED) is 0.636. The number of nitrogens with one attached hydrogen (secondary N) is 1. The Labute approximate surface area is 115 Å². The summed E-state index contributed by atoms with van der Waals surface area (Å²) in [7, 11) is -3.63. The molecule has 0 unspecified atom stereocenters. The van der Waals surface area contributed by atoms with Crippen LogP contribution in [0, 0.1) is 19.3 Å². The van der Waals surface area contributed by atoms with Crippen molar-refractivity contribution in [3.8, 4) is 0 Å². The highest BCUT2D eigenvalue weighted by atomic mass is 32.2. The Bertz CT molecular complexity index is 580. The first-order valence-electron chi connectivity index (χ1n) is 6.08. The molecule has 0 bridgehead atoms. The van der Waals surface area contributed by atoms with E-state index in [9.17, 15) is 8.42 Å². The highest BCUT2D eigenvalue weighted by Crippen LogP contribution is 2.22. The van der Waals surface area contributed by atoms with Gasteiger partial charge < -0.3 is 5.73 Å². The Kier molecular flexibility index (Phi) is 4.70. The van der Waals surface area contributed by atoms with Gasteiger partial charge in [0, 0.05) is 6.04 Å². The molecule has 1 rings (SSSR count). The summed E-state index contributed by atoms with van der Waals surface area (Å²) in [6.07, 6.45) is 0. The summed E-state index contributed by atoms with van der Waals surface area (Å²) in [6, 6.07) is 4.95. The summed E-state index contributed by atoms with van der Waals surface area (Å²) < 4.78 is 26.5. The van der Waals surface area contributed by atoms with Gasteiger partial charge in [0.25, 0.3) is 0 Å². The Morgan fingerprint density at radius 3 is 2.37 bits per heavy atom. The minimum atomic E-state index is -3.63. The van der Waals surface area contributed by atoms with Crippen LogP contribution < -0.4 is 5.73 Å². The predicted octanol–water partition coefficient (Wildman–Crippen LogP) is 1.64. The number of sulfonamides is 1. The summed E-state index contributed by atoms with van der Waals surface area (Å²) >= 11 is 0. The molecule has 0 aliphatic carbocycles. The normalized spacial score (nSPS) is 12.1. The zero-order valence-electron chi connectivity index (χ0n) is 11.8. The largest absolute Gasteiger partial charge is 0.387 e. The number of rotatable bonds is 5. The summed E-state index contributed by atoms with van der Waals surface area (Å²) in [5, 5.41) is 7.32. The van der Waals surface area contributed by atoms with Gasteiger partial charge in [-0.15, -0.1) is 0 Å². The molecule has 0 aliphatic rings. The van der Waals surface area contributed by atoms with Crippen molar-refractivity contribution in [2.75, 3.05) is 6.54 Å². The molecular formula is C13H21N3O2S. The van der Waals surface area contributed by atoms with Crippen LogP contribution in [0.15, 0.2) is 23.1 Å². The van der Waals surface area contributed by atoms with Crippen LogP contribution in [-0.2, 0) is 10.0 Å². The molecule has 0 radical (unpaired) electrons. The van der Waals surface area contributed by atoms with E-state index in [4.69, 9.17) is 11.1 Å². The maximum absolute atomic E-state index is 12.6. The number of nitrogens with zero attached hydrogens (tertiary/aromatic N) is 1. The van der Waals surface area contributed by atoms with Crippen molar-refractivity contribution in [1.29, 1.82) is 5.41 Å². The van der Waals surface area contributed by atoms with Crippen LogP contribution >= 0.6 is 0 Å². The summed E-state index contributed by atoms with van der Waals surface area (Å²) in [5.41, 5.74) is 7.06. The molecule has 0 amide bonds. The molecule has 0 spiro atoms. The lowest BCUT2D eigenvalue weighted by Gasteiger charge is -2.26. The minimum absolute atomic E-state index is 0.0900. The molecule has 0 saturated carbocycles. The number of hydrogen-bond donors (Lipinski definition) is 2. The van der Waals surface area contributed by atoms with Crippen molar-refractivity contribution in [3.63, 3.8) is 0 Å². The summed E-state index contributed by atoms with van der Waals surface area (Å²) in [6.45, 7) is 7.13. The van der Waals surface area contributed by atoms with Crippen LogP contribution in [0.5, 0.6) is 0 Å². The van der Waals surface area contributed by atoms with Crippen molar-refractivity contribution in [1.82, 2.24) is 4.31 Å². The monoisotopic (exact) mass is 283 g/mol. The minimum Gasteiger partial charge on any atom is -0.387 e. The van der Waals surface area contributed by atoms with Gasteiger partial charge in [-0.25, -0.2) is 8.42 Å². The van der Waals surface area contributed by atoms with E-state index in [-0.39, 0.29) is 23.3 Å². The molecule has 106 valence electrons. The average Bonchev–Trinajstić information content (AvgIpc) is 2.24. The summed E-state index contributed by atoms with van der Waals surface area (Å²) in [5.74, 6) is -0.165.